The van der Waals surface area contributed by atoms with E-state index in [-0.39, 0.29) is 6.10 Å². The van der Waals surface area contributed by atoms with E-state index in [1.54, 1.807) is 6.20 Å². The minimum absolute atomic E-state index is 0.306. The van der Waals surface area contributed by atoms with E-state index in [1.807, 2.05) is 74.6 Å². The van der Waals surface area contributed by atoms with E-state index in [0.717, 1.165) is 34.4 Å². The Morgan fingerprint density at radius 1 is 1.11 bits per heavy atom. The summed E-state index contributed by atoms with van der Waals surface area (Å²) < 4.78 is 5.91. The van der Waals surface area contributed by atoms with Crippen LogP contribution in [-0.2, 0) is 6.42 Å². The quantitative estimate of drug-likeness (QED) is 0.653. The van der Waals surface area contributed by atoms with Crippen LogP contribution in [0.3, 0.4) is 0 Å². The molecule has 0 fully saturated rings. The van der Waals surface area contributed by atoms with E-state index >= 15 is 0 Å². The summed E-state index contributed by atoms with van der Waals surface area (Å²) in [6.07, 6.45) is 4.09. The standard InChI is InChI=1S/C24H24N2O2/c1-17-14-21(6-7-22(17)15-25)20-8-10-23(11-9-20)28-18(2)24(27)12-5-19-4-3-13-26-16-19/h3-4,6-11,13-14,16,18,24,27H,5,12H2,1-2H3. The van der Waals surface area contributed by atoms with Gasteiger partial charge in [-0.3, -0.25) is 4.98 Å². The van der Waals surface area contributed by atoms with Crippen LogP contribution in [0.4, 0.5) is 0 Å². The fourth-order valence-corrected chi connectivity index (χ4v) is 3.08. The van der Waals surface area contributed by atoms with Crippen molar-refractivity contribution < 1.29 is 9.84 Å². The molecule has 0 saturated heterocycles. The normalized spacial score (nSPS) is 12.8. The van der Waals surface area contributed by atoms with Gasteiger partial charge in [-0.25, -0.2) is 0 Å². The van der Waals surface area contributed by atoms with Crippen molar-refractivity contribution in [3.8, 4) is 22.9 Å². The maximum atomic E-state index is 10.4. The first-order valence-corrected chi connectivity index (χ1v) is 9.41. The highest BCUT2D eigenvalue weighted by Crippen LogP contribution is 2.25. The zero-order chi connectivity index (χ0) is 19.9. The molecule has 4 heteroatoms. The molecule has 28 heavy (non-hydrogen) atoms. The van der Waals surface area contributed by atoms with Crippen LogP contribution in [-0.4, -0.2) is 22.3 Å². The Morgan fingerprint density at radius 3 is 2.50 bits per heavy atom. The van der Waals surface area contributed by atoms with Gasteiger partial charge >= 0.3 is 0 Å². The van der Waals surface area contributed by atoms with Gasteiger partial charge in [0.15, 0.2) is 0 Å². The van der Waals surface area contributed by atoms with Gasteiger partial charge in [-0.15, -0.1) is 0 Å². The third kappa shape index (κ3) is 4.97. The zero-order valence-electron chi connectivity index (χ0n) is 16.2. The van der Waals surface area contributed by atoms with Crippen LogP contribution >= 0.6 is 0 Å². The van der Waals surface area contributed by atoms with Gasteiger partial charge in [0, 0.05) is 12.4 Å². The summed E-state index contributed by atoms with van der Waals surface area (Å²) in [7, 11) is 0. The third-order valence-corrected chi connectivity index (χ3v) is 4.85. The number of pyridine rings is 1. The van der Waals surface area contributed by atoms with Gasteiger partial charge < -0.3 is 9.84 Å². The molecule has 0 radical (unpaired) electrons. The maximum Gasteiger partial charge on any atom is 0.122 e. The lowest BCUT2D eigenvalue weighted by atomic mass is 10.0. The SMILES string of the molecule is Cc1cc(-c2ccc(OC(C)C(O)CCc3cccnc3)cc2)ccc1C#N. The van der Waals surface area contributed by atoms with E-state index in [9.17, 15) is 5.11 Å². The molecule has 4 nitrogen and oxygen atoms in total. The van der Waals surface area contributed by atoms with Crippen molar-refractivity contribution in [2.45, 2.75) is 38.9 Å². The first kappa shape index (κ1) is 19.6. The molecule has 1 aromatic heterocycles. The predicted octanol–water partition coefficient (Wildman–Crippen LogP) is 4.69. The Bertz CT molecular complexity index is 947. The minimum atomic E-state index is -0.555. The van der Waals surface area contributed by atoms with Crippen molar-refractivity contribution in [3.05, 3.63) is 83.7 Å². The van der Waals surface area contributed by atoms with Crippen LogP contribution < -0.4 is 4.74 Å². The summed E-state index contributed by atoms with van der Waals surface area (Å²) in [5.41, 5.74) is 4.89. The average Bonchev–Trinajstić information content (AvgIpc) is 2.73. The molecule has 0 bridgehead atoms. The summed E-state index contributed by atoms with van der Waals surface area (Å²) in [4.78, 5) is 4.09. The molecule has 0 aliphatic heterocycles. The van der Waals surface area contributed by atoms with Gasteiger partial charge in [0.25, 0.3) is 0 Å². The largest absolute Gasteiger partial charge is 0.488 e. The Morgan fingerprint density at radius 2 is 1.86 bits per heavy atom. The van der Waals surface area contributed by atoms with E-state index in [1.165, 1.54) is 0 Å². The number of hydrogen-bond donors (Lipinski definition) is 1. The fraction of sp³-hybridized carbons (Fsp3) is 0.250. The van der Waals surface area contributed by atoms with Crippen LogP contribution in [0, 0.1) is 18.3 Å². The van der Waals surface area contributed by atoms with Crippen LogP contribution in [0.2, 0.25) is 0 Å². The smallest absolute Gasteiger partial charge is 0.122 e. The average molecular weight is 372 g/mol. The molecule has 0 saturated carbocycles. The maximum absolute atomic E-state index is 10.4. The van der Waals surface area contributed by atoms with E-state index in [4.69, 9.17) is 10.00 Å². The van der Waals surface area contributed by atoms with Crippen LogP contribution in [0.15, 0.2) is 67.0 Å². The summed E-state index contributed by atoms with van der Waals surface area (Å²) in [5.74, 6) is 0.724. The Hall–Kier alpha value is -3.16. The molecule has 1 heterocycles. The number of nitriles is 1. The molecule has 1 N–H and O–H groups in total. The van der Waals surface area contributed by atoms with Gasteiger partial charge in [-0.1, -0.05) is 30.3 Å². The highest BCUT2D eigenvalue weighted by Gasteiger charge is 2.16. The number of aliphatic hydroxyl groups excluding tert-OH is 1. The Balaban J connectivity index is 1.59. The van der Waals surface area contributed by atoms with E-state index < -0.39 is 6.10 Å². The molecule has 2 aromatic carbocycles. The summed E-state index contributed by atoms with van der Waals surface area (Å²) in [5, 5.41) is 19.4. The molecule has 3 aromatic rings. The summed E-state index contributed by atoms with van der Waals surface area (Å²) in [6, 6.07) is 19.7. The highest BCUT2D eigenvalue weighted by molar-refractivity contribution is 5.66. The second-order valence-electron chi connectivity index (χ2n) is 6.96. The molecule has 0 aliphatic carbocycles. The number of aromatic nitrogens is 1. The fourth-order valence-electron chi connectivity index (χ4n) is 3.08. The lowest BCUT2D eigenvalue weighted by Crippen LogP contribution is -2.29. The van der Waals surface area contributed by atoms with E-state index in [0.29, 0.717) is 12.0 Å². The Kier molecular flexibility index (Phi) is 6.41. The van der Waals surface area contributed by atoms with Gasteiger partial charge in [0.05, 0.1) is 17.7 Å². The van der Waals surface area contributed by atoms with Crippen molar-refractivity contribution in [1.29, 1.82) is 5.26 Å². The Labute approximate surface area is 166 Å². The monoisotopic (exact) mass is 372 g/mol. The van der Waals surface area contributed by atoms with Gasteiger partial charge in [0.1, 0.15) is 11.9 Å². The van der Waals surface area contributed by atoms with Crippen molar-refractivity contribution in [2.75, 3.05) is 0 Å². The van der Waals surface area contributed by atoms with Gasteiger partial charge in [0.2, 0.25) is 0 Å². The first-order valence-electron chi connectivity index (χ1n) is 9.41. The number of benzene rings is 2. The highest BCUT2D eigenvalue weighted by atomic mass is 16.5. The number of rotatable bonds is 7. The summed E-state index contributed by atoms with van der Waals surface area (Å²) >= 11 is 0. The molecule has 0 amide bonds. The van der Waals surface area contributed by atoms with E-state index in [2.05, 4.69) is 11.1 Å². The van der Waals surface area contributed by atoms with Crippen molar-refractivity contribution in [2.24, 2.45) is 0 Å². The minimum Gasteiger partial charge on any atom is -0.488 e. The van der Waals surface area contributed by atoms with Crippen LogP contribution in [0.1, 0.15) is 30.0 Å². The molecule has 0 aliphatic rings. The number of nitrogens with zero attached hydrogens (tertiary/aromatic N) is 2. The van der Waals surface area contributed by atoms with Crippen molar-refractivity contribution in [3.63, 3.8) is 0 Å². The van der Waals surface area contributed by atoms with Crippen molar-refractivity contribution >= 4 is 0 Å². The molecule has 3 rings (SSSR count). The number of aryl methyl sites for hydroxylation is 2. The molecule has 2 atom stereocenters. The molecule has 2 unspecified atom stereocenters. The number of ether oxygens (including phenoxy) is 1. The van der Waals surface area contributed by atoms with Crippen LogP contribution in [0.25, 0.3) is 11.1 Å². The second kappa shape index (κ2) is 9.16. The zero-order valence-corrected chi connectivity index (χ0v) is 16.2. The lowest BCUT2D eigenvalue weighted by molar-refractivity contribution is 0.0420. The molecule has 0 spiro atoms. The second-order valence-corrected chi connectivity index (χ2v) is 6.96. The molecular formula is C24H24N2O2. The van der Waals surface area contributed by atoms with Crippen molar-refractivity contribution in [1.82, 2.24) is 4.98 Å². The number of aliphatic hydroxyl groups is 1. The summed E-state index contributed by atoms with van der Waals surface area (Å²) in [6.45, 7) is 3.82. The first-order chi connectivity index (χ1) is 13.6. The number of hydrogen-bond acceptors (Lipinski definition) is 4. The third-order valence-electron chi connectivity index (χ3n) is 4.85. The predicted molar refractivity (Wildman–Crippen MR) is 110 cm³/mol. The molecular weight excluding hydrogens is 348 g/mol. The van der Waals surface area contributed by atoms with Gasteiger partial charge in [-0.2, -0.15) is 5.26 Å². The lowest BCUT2D eigenvalue weighted by Gasteiger charge is -2.20. The molecule has 142 valence electrons. The van der Waals surface area contributed by atoms with Gasteiger partial charge in [-0.05, 0) is 73.2 Å². The van der Waals surface area contributed by atoms with Crippen LogP contribution in [0.5, 0.6) is 5.75 Å². The topological polar surface area (TPSA) is 66.1 Å².